The molecule has 0 amide bonds. The number of ketones is 1. The fourth-order valence-corrected chi connectivity index (χ4v) is 2.01. The van der Waals surface area contributed by atoms with Gasteiger partial charge in [-0.1, -0.05) is 0 Å². The monoisotopic (exact) mass is 235 g/mol. The molecule has 0 aliphatic carbocycles. The van der Waals surface area contributed by atoms with E-state index in [1.165, 1.54) is 0 Å². The van der Waals surface area contributed by atoms with Crippen molar-refractivity contribution in [2.45, 2.75) is 26.2 Å². The van der Waals surface area contributed by atoms with E-state index >= 15 is 0 Å². The lowest BCUT2D eigenvalue weighted by molar-refractivity contribution is 0.0978. The molecule has 0 radical (unpaired) electrons. The average molecular weight is 235 g/mol. The number of aliphatic hydroxyl groups excluding tert-OH is 1. The minimum Gasteiger partial charge on any atom is -0.396 e. The summed E-state index contributed by atoms with van der Waals surface area (Å²) in [4.78, 5) is 22.3. The number of fused-ring (bicyclic) bond motifs is 1. The third-order valence-corrected chi connectivity index (χ3v) is 2.93. The second-order valence-corrected chi connectivity index (χ2v) is 4.25. The molecule has 0 bridgehead atoms. The van der Waals surface area contributed by atoms with Crippen LogP contribution in [0.4, 0.5) is 5.82 Å². The molecular weight excluding hydrogens is 218 g/mol. The zero-order valence-electron chi connectivity index (χ0n) is 10.0. The van der Waals surface area contributed by atoms with Crippen molar-refractivity contribution in [3.8, 4) is 0 Å². The Morgan fingerprint density at radius 1 is 1.47 bits per heavy atom. The van der Waals surface area contributed by atoms with Gasteiger partial charge in [-0.05, 0) is 19.8 Å². The molecule has 5 heteroatoms. The fraction of sp³-hybridized carbons (Fsp3) is 0.583. The second kappa shape index (κ2) is 5.23. The van der Waals surface area contributed by atoms with Gasteiger partial charge in [-0.25, -0.2) is 9.97 Å². The van der Waals surface area contributed by atoms with Crippen molar-refractivity contribution >= 4 is 11.6 Å². The van der Waals surface area contributed by atoms with Crippen LogP contribution in [0.1, 0.15) is 35.4 Å². The van der Waals surface area contributed by atoms with Crippen LogP contribution in [0.5, 0.6) is 0 Å². The Kier molecular flexibility index (Phi) is 3.68. The van der Waals surface area contributed by atoms with Gasteiger partial charge in [0.2, 0.25) is 0 Å². The number of carbonyl (C=O) groups excluding carboxylic acids is 1. The van der Waals surface area contributed by atoms with Crippen LogP contribution in [0.3, 0.4) is 0 Å². The number of unbranched alkanes of at least 4 members (excludes halogenated alkanes) is 1. The van der Waals surface area contributed by atoms with E-state index in [-0.39, 0.29) is 12.4 Å². The van der Waals surface area contributed by atoms with Gasteiger partial charge in [-0.3, -0.25) is 4.79 Å². The quantitative estimate of drug-likeness (QED) is 0.787. The van der Waals surface area contributed by atoms with Crippen LogP contribution in [0.25, 0.3) is 0 Å². The number of nitrogens with zero attached hydrogens (tertiary/aromatic N) is 3. The van der Waals surface area contributed by atoms with E-state index < -0.39 is 0 Å². The van der Waals surface area contributed by atoms with Gasteiger partial charge in [-0.2, -0.15) is 0 Å². The molecular formula is C12H17N3O2. The topological polar surface area (TPSA) is 66.3 Å². The first-order valence-corrected chi connectivity index (χ1v) is 5.95. The number of anilines is 1. The lowest BCUT2D eigenvalue weighted by atomic mass is 10.1. The number of aryl methyl sites for hydroxylation is 1. The lowest BCUT2D eigenvalue weighted by Crippen LogP contribution is -2.34. The van der Waals surface area contributed by atoms with Crippen molar-refractivity contribution in [2.24, 2.45) is 0 Å². The number of carbonyl (C=O) groups is 1. The van der Waals surface area contributed by atoms with Gasteiger partial charge in [-0.15, -0.1) is 0 Å². The minimum absolute atomic E-state index is 0.124. The maximum Gasteiger partial charge on any atom is 0.169 e. The minimum atomic E-state index is 0.124. The number of rotatable bonds is 4. The molecule has 92 valence electrons. The molecule has 1 aromatic rings. The van der Waals surface area contributed by atoms with Crippen LogP contribution in [0.2, 0.25) is 0 Å². The highest BCUT2D eigenvalue weighted by Gasteiger charge is 2.24. The molecule has 1 aromatic heterocycles. The summed E-state index contributed by atoms with van der Waals surface area (Å²) in [5.41, 5.74) is 0.630. The predicted octanol–water partition coefficient (Wildman–Crippen LogP) is 0.950. The van der Waals surface area contributed by atoms with E-state index in [4.69, 9.17) is 5.11 Å². The highest BCUT2D eigenvalue weighted by atomic mass is 16.2. The second-order valence-electron chi connectivity index (χ2n) is 4.25. The molecule has 17 heavy (non-hydrogen) atoms. The van der Waals surface area contributed by atoms with Crippen LogP contribution in [0.15, 0.2) is 6.20 Å². The molecule has 1 aliphatic heterocycles. The van der Waals surface area contributed by atoms with Crippen LogP contribution in [0, 0.1) is 6.92 Å². The van der Waals surface area contributed by atoms with Crippen molar-refractivity contribution in [1.82, 2.24) is 9.97 Å². The van der Waals surface area contributed by atoms with Crippen molar-refractivity contribution in [3.05, 3.63) is 17.6 Å². The molecule has 0 unspecified atom stereocenters. The van der Waals surface area contributed by atoms with Crippen LogP contribution >= 0.6 is 0 Å². The lowest BCUT2D eigenvalue weighted by Gasteiger charge is -2.29. The molecule has 1 aliphatic rings. The molecule has 0 spiro atoms. The Labute approximate surface area is 100 Å². The van der Waals surface area contributed by atoms with E-state index in [1.807, 2.05) is 6.92 Å². The van der Waals surface area contributed by atoms with E-state index in [9.17, 15) is 4.79 Å². The smallest absolute Gasteiger partial charge is 0.169 e. The van der Waals surface area contributed by atoms with Crippen LogP contribution in [-0.4, -0.2) is 40.6 Å². The van der Waals surface area contributed by atoms with Crippen LogP contribution in [-0.2, 0) is 0 Å². The standard InChI is InChI=1S/C12H17N3O2/c1-9-13-8-10-11(17)4-6-15(12(10)14-9)5-2-3-7-16/h8,16H,2-7H2,1H3. The number of Topliss-reactive ketones (excluding diaryl/α,β-unsaturated/α-hetero) is 1. The molecule has 5 nitrogen and oxygen atoms in total. The normalized spacial score (nSPS) is 14.9. The van der Waals surface area contributed by atoms with Gasteiger partial charge >= 0.3 is 0 Å². The van der Waals surface area contributed by atoms with Gasteiger partial charge in [0.25, 0.3) is 0 Å². The highest BCUT2D eigenvalue weighted by Crippen LogP contribution is 2.24. The summed E-state index contributed by atoms with van der Waals surface area (Å²) in [5.74, 6) is 1.57. The van der Waals surface area contributed by atoms with Gasteiger partial charge in [0.05, 0.1) is 5.56 Å². The summed E-state index contributed by atoms with van der Waals surface area (Å²) in [7, 11) is 0. The van der Waals surface area contributed by atoms with Crippen molar-refractivity contribution in [3.63, 3.8) is 0 Å². The Bertz CT molecular complexity index is 420. The molecule has 2 rings (SSSR count). The average Bonchev–Trinajstić information content (AvgIpc) is 2.32. The summed E-state index contributed by atoms with van der Waals surface area (Å²) >= 11 is 0. The molecule has 2 heterocycles. The molecule has 0 aromatic carbocycles. The zero-order valence-corrected chi connectivity index (χ0v) is 10.0. The predicted molar refractivity (Wildman–Crippen MR) is 64.2 cm³/mol. The summed E-state index contributed by atoms with van der Waals surface area (Å²) in [6.45, 7) is 3.58. The first-order valence-electron chi connectivity index (χ1n) is 5.95. The molecule has 1 N–H and O–H groups in total. The first-order chi connectivity index (χ1) is 8.22. The van der Waals surface area contributed by atoms with Gasteiger partial charge in [0.15, 0.2) is 5.78 Å². The van der Waals surface area contributed by atoms with Gasteiger partial charge in [0, 0.05) is 32.3 Å². The van der Waals surface area contributed by atoms with Crippen molar-refractivity contribution < 1.29 is 9.90 Å². The summed E-state index contributed by atoms with van der Waals surface area (Å²) in [6.07, 6.45) is 3.84. The molecule has 0 saturated carbocycles. The SMILES string of the molecule is Cc1ncc2c(n1)N(CCCCO)CCC2=O. The maximum atomic E-state index is 11.7. The van der Waals surface area contributed by atoms with E-state index in [2.05, 4.69) is 14.9 Å². The zero-order chi connectivity index (χ0) is 12.3. The Hall–Kier alpha value is -1.49. The van der Waals surface area contributed by atoms with Gasteiger partial charge < -0.3 is 10.0 Å². The van der Waals surface area contributed by atoms with Crippen molar-refractivity contribution in [1.29, 1.82) is 0 Å². The van der Waals surface area contributed by atoms with Crippen molar-refractivity contribution in [2.75, 3.05) is 24.6 Å². The maximum absolute atomic E-state index is 11.7. The summed E-state index contributed by atoms with van der Waals surface area (Å²) < 4.78 is 0. The molecule has 0 fully saturated rings. The number of hydrogen-bond donors (Lipinski definition) is 1. The van der Waals surface area contributed by atoms with E-state index in [0.717, 1.165) is 25.2 Å². The Balaban J connectivity index is 2.19. The van der Waals surface area contributed by atoms with E-state index in [0.29, 0.717) is 24.4 Å². The summed E-state index contributed by atoms with van der Waals surface area (Å²) in [5, 5.41) is 8.78. The summed E-state index contributed by atoms with van der Waals surface area (Å²) in [6, 6.07) is 0. The Morgan fingerprint density at radius 2 is 2.29 bits per heavy atom. The molecule has 0 atom stereocenters. The Morgan fingerprint density at radius 3 is 3.06 bits per heavy atom. The van der Waals surface area contributed by atoms with Gasteiger partial charge in [0.1, 0.15) is 11.6 Å². The third kappa shape index (κ3) is 2.61. The number of aliphatic hydroxyl groups is 1. The third-order valence-electron chi connectivity index (χ3n) is 2.93. The molecule has 0 saturated heterocycles. The fourth-order valence-electron chi connectivity index (χ4n) is 2.01. The highest BCUT2D eigenvalue weighted by molar-refractivity contribution is 6.02. The number of aromatic nitrogens is 2. The van der Waals surface area contributed by atoms with Crippen LogP contribution < -0.4 is 4.90 Å². The number of hydrogen-bond acceptors (Lipinski definition) is 5. The van der Waals surface area contributed by atoms with E-state index in [1.54, 1.807) is 6.20 Å². The first kappa shape index (κ1) is 12.0. The largest absolute Gasteiger partial charge is 0.396 e.